The van der Waals surface area contributed by atoms with Crippen LogP contribution in [0.2, 0.25) is 0 Å². The Kier molecular flexibility index (Phi) is 4.19. The highest BCUT2D eigenvalue weighted by atomic mass is 16.3. The van der Waals surface area contributed by atoms with E-state index in [1.54, 1.807) is 42.9 Å². The maximum Gasteiger partial charge on any atom is 0.263 e. The van der Waals surface area contributed by atoms with Gasteiger partial charge in [0.15, 0.2) is 0 Å². The van der Waals surface area contributed by atoms with Gasteiger partial charge < -0.3 is 14.2 Å². The minimum Gasteiger partial charge on any atom is -0.506 e. The number of anilines is 1. The van der Waals surface area contributed by atoms with Gasteiger partial charge in [0.25, 0.3) is 11.1 Å². The Morgan fingerprint density at radius 2 is 1.54 bits per heavy atom. The van der Waals surface area contributed by atoms with Crippen molar-refractivity contribution in [2.75, 3.05) is 5.43 Å². The van der Waals surface area contributed by atoms with Gasteiger partial charge in [-0.15, -0.1) is 0 Å². The lowest BCUT2D eigenvalue weighted by molar-refractivity contribution is 0.478. The van der Waals surface area contributed by atoms with Crippen LogP contribution in [0.3, 0.4) is 0 Å². The first-order chi connectivity index (χ1) is 13.5. The van der Waals surface area contributed by atoms with E-state index in [1.807, 2.05) is 24.3 Å². The van der Waals surface area contributed by atoms with E-state index in [9.17, 15) is 14.7 Å². The maximum absolute atomic E-state index is 12.6. The standard InChI is InChI=1S/C21H18N4O3/c1-24-17-9-5-3-7-13(17)16(11-19(24)26)23-22-12-15-20(27)14-8-4-6-10-18(14)25(2)21(15)28/h3-12,23,27H,1-2H3/b22-12+. The minimum atomic E-state index is -0.365. The molecular weight excluding hydrogens is 356 g/mol. The van der Waals surface area contributed by atoms with Crippen LogP contribution in [0.1, 0.15) is 5.56 Å². The Hall–Kier alpha value is -3.87. The summed E-state index contributed by atoms with van der Waals surface area (Å²) >= 11 is 0. The number of para-hydroxylation sites is 2. The van der Waals surface area contributed by atoms with Crippen LogP contribution < -0.4 is 16.5 Å². The van der Waals surface area contributed by atoms with E-state index in [0.29, 0.717) is 16.6 Å². The molecule has 7 heteroatoms. The molecule has 0 aliphatic rings. The van der Waals surface area contributed by atoms with E-state index in [1.165, 1.54) is 16.8 Å². The Balaban J connectivity index is 1.78. The van der Waals surface area contributed by atoms with Gasteiger partial charge in [0.1, 0.15) is 11.3 Å². The highest BCUT2D eigenvalue weighted by Gasteiger charge is 2.12. The normalized spacial score (nSPS) is 11.5. The summed E-state index contributed by atoms with van der Waals surface area (Å²) in [5.74, 6) is -0.127. The number of nitrogens with one attached hydrogen (secondary N) is 1. The summed E-state index contributed by atoms with van der Waals surface area (Å²) in [6.45, 7) is 0. The smallest absolute Gasteiger partial charge is 0.263 e. The Morgan fingerprint density at radius 1 is 0.929 bits per heavy atom. The highest BCUT2D eigenvalue weighted by Crippen LogP contribution is 2.25. The number of nitrogens with zero attached hydrogens (tertiary/aromatic N) is 3. The Morgan fingerprint density at radius 3 is 2.25 bits per heavy atom. The quantitative estimate of drug-likeness (QED) is 0.426. The fourth-order valence-electron chi connectivity index (χ4n) is 3.29. The average molecular weight is 374 g/mol. The van der Waals surface area contributed by atoms with Crippen LogP contribution in [0.15, 0.2) is 69.3 Å². The summed E-state index contributed by atoms with van der Waals surface area (Å²) in [6.07, 6.45) is 1.27. The van der Waals surface area contributed by atoms with Crippen molar-refractivity contribution in [1.29, 1.82) is 0 Å². The highest BCUT2D eigenvalue weighted by molar-refractivity contribution is 5.96. The van der Waals surface area contributed by atoms with Gasteiger partial charge in [-0.05, 0) is 18.2 Å². The molecule has 0 bridgehead atoms. The zero-order valence-corrected chi connectivity index (χ0v) is 15.4. The van der Waals surface area contributed by atoms with Gasteiger partial charge in [0, 0.05) is 30.9 Å². The first-order valence-electron chi connectivity index (χ1n) is 8.67. The fraction of sp³-hybridized carbons (Fsp3) is 0.0952. The summed E-state index contributed by atoms with van der Waals surface area (Å²) in [5, 5.41) is 16.0. The number of aromatic nitrogens is 2. The molecule has 28 heavy (non-hydrogen) atoms. The van der Waals surface area contributed by atoms with Crippen LogP contribution in [0, 0.1) is 0 Å². The average Bonchev–Trinajstić information content (AvgIpc) is 2.72. The van der Waals surface area contributed by atoms with Crippen LogP contribution in [0.4, 0.5) is 5.69 Å². The second-order valence-electron chi connectivity index (χ2n) is 6.49. The topological polar surface area (TPSA) is 88.6 Å². The van der Waals surface area contributed by atoms with Gasteiger partial charge in [-0.2, -0.15) is 5.10 Å². The lowest BCUT2D eigenvalue weighted by Crippen LogP contribution is -2.21. The molecule has 0 unspecified atom stereocenters. The Labute approximate surface area is 159 Å². The van der Waals surface area contributed by atoms with Crippen molar-refractivity contribution < 1.29 is 5.11 Å². The van der Waals surface area contributed by atoms with Crippen LogP contribution in [-0.4, -0.2) is 20.5 Å². The number of rotatable bonds is 3. The molecule has 0 aliphatic carbocycles. The summed E-state index contributed by atoms with van der Waals surface area (Å²) in [7, 11) is 3.35. The van der Waals surface area contributed by atoms with E-state index in [4.69, 9.17) is 0 Å². The molecule has 140 valence electrons. The van der Waals surface area contributed by atoms with Gasteiger partial charge in [-0.25, -0.2) is 0 Å². The predicted octanol–water partition coefficient (Wildman–Crippen LogP) is 2.54. The third-order valence-corrected chi connectivity index (χ3v) is 4.84. The molecule has 0 fully saturated rings. The number of hydrazone groups is 1. The number of hydrogen-bond acceptors (Lipinski definition) is 5. The van der Waals surface area contributed by atoms with Gasteiger partial charge in [-0.3, -0.25) is 15.0 Å². The number of aromatic hydroxyl groups is 1. The molecule has 0 radical (unpaired) electrons. The lowest BCUT2D eigenvalue weighted by atomic mass is 10.1. The van der Waals surface area contributed by atoms with Gasteiger partial charge in [0.05, 0.1) is 22.9 Å². The van der Waals surface area contributed by atoms with Crippen molar-refractivity contribution in [1.82, 2.24) is 9.13 Å². The monoisotopic (exact) mass is 374 g/mol. The van der Waals surface area contributed by atoms with Crippen molar-refractivity contribution in [3.8, 4) is 5.75 Å². The van der Waals surface area contributed by atoms with Crippen LogP contribution in [-0.2, 0) is 14.1 Å². The van der Waals surface area contributed by atoms with Crippen LogP contribution in [0.25, 0.3) is 21.8 Å². The first kappa shape index (κ1) is 17.5. The molecule has 2 aromatic carbocycles. The summed E-state index contributed by atoms with van der Waals surface area (Å²) in [6, 6.07) is 16.0. The molecule has 2 N–H and O–H groups in total. The molecule has 0 saturated carbocycles. The third kappa shape index (κ3) is 2.73. The fourth-order valence-corrected chi connectivity index (χ4v) is 3.29. The summed E-state index contributed by atoms with van der Waals surface area (Å²) < 4.78 is 3.01. The first-order valence-corrected chi connectivity index (χ1v) is 8.67. The minimum absolute atomic E-state index is 0.0711. The molecule has 2 aromatic heterocycles. The lowest BCUT2D eigenvalue weighted by Gasteiger charge is -2.10. The zero-order chi connectivity index (χ0) is 19.8. The van der Waals surface area contributed by atoms with Gasteiger partial charge in [-0.1, -0.05) is 30.3 Å². The second-order valence-corrected chi connectivity index (χ2v) is 6.49. The molecule has 2 heterocycles. The molecule has 0 atom stereocenters. The molecule has 0 spiro atoms. The van der Waals surface area contributed by atoms with E-state index in [-0.39, 0.29) is 22.4 Å². The molecular formula is C21H18N4O3. The Bertz CT molecular complexity index is 1370. The van der Waals surface area contributed by atoms with E-state index in [0.717, 1.165) is 10.9 Å². The number of fused-ring (bicyclic) bond motifs is 2. The van der Waals surface area contributed by atoms with Crippen molar-refractivity contribution in [3.05, 3.63) is 80.9 Å². The maximum atomic E-state index is 12.6. The number of aryl methyl sites for hydroxylation is 2. The van der Waals surface area contributed by atoms with Crippen LogP contribution >= 0.6 is 0 Å². The van der Waals surface area contributed by atoms with Crippen molar-refractivity contribution >= 4 is 33.7 Å². The number of hydrogen-bond donors (Lipinski definition) is 2. The van der Waals surface area contributed by atoms with E-state index in [2.05, 4.69) is 10.5 Å². The second kappa shape index (κ2) is 6.70. The third-order valence-electron chi connectivity index (χ3n) is 4.84. The number of pyridine rings is 2. The van der Waals surface area contributed by atoms with Crippen molar-refractivity contribution in [3.63, 3.8) is 0 Å². The van der Waals surface area contributed by atoms with Gasteiger partial charge >= 0.3 is 0 Å². The van der Waals surface area contributed by atoms with E-state index >= 15 is 0 Å². The molecule has 4 rings (SSSR count). The zero-order valence-electron chi connectivity index (χ0n) is 15.4. The van der Waals surface area contributed by atoms with Crippen molar-refractivity contribution in [2.45, 2.75) is 0 Å². The van der Waals surface area contributed by atoms with E-state index < -0.39 is 0 Å². The van der Waals surface area contributed by atoms with Crippen molar-refractivity contribution in [2.24, 2.45) is 19.2 Å². The van der Waals surface area contributed by atoms with Crippen LogP contribution in [0.5, 0.6) is 5.75 Å². The summed E-state index contributed by atoms with van der Waals surface area (Å²) in [4.78, 5) is 24.8. The molecule has 0 amide bonds. The van der Waals surface area contributed by atoms with Gasteiger partial charge in [0.2, 0.25) is 0 Å². The molecule has 4 aromatic rings. The number of benzene rings is 2. The molecule has 0 saturated heterocycles. The largest absolute Gasteiger partial charge is 0.506 e. The predicted molar refractivity (Wildman–Crippen MR) is 111 cm³/mol. The SMILES string of the molecule is Cn1c(=O)cc(N/N=C/c2c(O)c3ccccc3n(C)c2=O)c2ccccc21. The molecule has 7 nitrogen and oxygen atoms in total. The molecule has 0 aliphatic heterocycles. The summed E-state index contributed by atoms with van der Waals surface area (Å²) in [5.41, 5.74) is 4.26.